The van der Waals surface area contributed by atoms with Crippen molar-refractivity contribution in [2.75, 3.05) is 0 Å². The number of benzene rings is 1. The van der Waals surface area contributed by atoms with Gasteiger partial charge in [0.25, 0.3) is 0 Å². The van der Waals surface area contributed by atoms with Gasteiger partial charge in [0.05, 0.1) is 6.10 Å². The van der Waals surface area contributed by atoms with Gasteiger partial charge in [0.1, 0.15) is 0 Å². The minimum atomic E-state index is -1.36. The number of rotatable bonds is 1. The van der Waals surface area contributed by atoms with Gasteiger partial charge in [-0.05, 0) is 20.3 Å². The lowest BCUT2D eigenvalue weighted by molar-refractivity contribution is -0.131. The molecule has 19 heavy (non-hydrogen) atoms. The maximum absolute atomic E-state index is 12.7. The van der Waals surface area contributed by atoms with Crippen LogP contribution in [0.2, 0.25) is 0 Å². The van der Waals surface area contributed by atoms with Gasteiger partial charge in [-0.2, -0.15) is 0 Å². The van der Waals surface area contributed by atoms with E-state index in [0.717, 1.165) is 0 Å². The molecule has 1 aromatic rings. The molecule has 2 aliphatic rings. The van der Waals surface area contributed by atoms with E-state index >= 15 is 0 Å². The highest BCUT2D eigenvalue weighted by Gasteiger charge is 2.61. The summed E-state index contributed by atoms with van der Waals surface area (Å²) in [5.74, 6) is -1.82. The van der Waals surface area contributed by atoms with Crippen LogP contribution in [0.15, 0.2) is 24.3 Å². The number of Topliss-reactive ketones (excluding diaryl/α,β-unsaturated/α-hetero) is 2. The SMILES string of the molecule is CC[C@@H]1O[C@]2(C)O[C@@]1(C)C(=O)c1ccccc1C2=O. The molecular weight excluding hydrogens is 244 g/mol. The van der Waals surface area contributed by atoms with Gasteiger partial charge in [-0.25, -0.2) is 0 Å². The molecule has 0 unspecified atom stereocenters. The molecule has 4 nitrogen and oxygen atoms in total. The van der Waals surface area contributed by atoms with E-state index in [0.29, 0.717) is 17.5 Å². The first kappa shape index (κ1) is 12.5. The second-order valence-corrected chi connectivity index (χ2v) is 5.37. The molecule has 0 aliphatic carbocycles. The lowest BCUT2D eigenvalue weighted by atomic mass is 9.85. The van der Waals surface area contributed by atoms with Crippen molar-refractivity contribution in [2.24, 2.45) is 0 Å². The monoisotopic (exact) mass is 260 g/mol. The van der Waals surface area contributed by atoms with Crippen LogP contribution in [-0.4, -0.2) is 29.1 Å². The molecule has 4 heteroatoms. The quantitative estimate of drug-likeness (QED) is 0.778. The van der Waals surface area contributed by atoms with Crippen LogP contribution >= 0.6 is 0 Å². The Bertz CT molecular complexity index is 579. The van der Waals surface area contributed by atoms with E-state index in [1.807, 2.05) is 6.92 Å². The van der Waals surface area contributed by atoms with E-state index in [2.05, 4.69) is 0 Å². The number of hydrogen-bond donors (Lipinski definition) is 0. The van der Waals surface area contributed by atoms with E-state index in [1.165, 1.54) is 0 Å². The molecule has 0 radical (unpaired) electrons. The fourth-order valence-corrected chi connectivity index (χ4v) is 3.03. The lowest BCUT2D eigenvalue weighted by Gasteiger charge is -2.26. The van der Waals surface area contributed by atoms with Crippen molar-refractivity contribution in [2.45, 2.75) is 44.7 Å². The summed E-state index contributed by atoms with van der Waals surface area (Å²) in [4.78, 5) is 25.3. The predicted molar refractivity (Wildman–Crippen MR) is 68.2 cm³/mol. The first-order valence-electron chi connectivity index (χ1n) is 6.49. The second-order valence-electron chi connectivity index (χ2n) is 5.37. The molecule has 0 aromatic heterocycles. The van der Waals surface area contributed by atoms with Crippen LogP contribution in [-0.2, 0) is 9.47 Å². The highest BCUT2D eigenvalue weighted by molar-refractivity contribution is 6.16. The number of carbonyl (C=O) groups excluding carboxylic acids is 2. The first-order valence-corrected chi connectivity index (χ1v) is 6.49. The Balaban J connectivity index is 2.26. The summed E-state index contributed by atoms with van der Waals surface area (Å²) >= 11 is 0. The third-order valence-electron chi connectivity index (χ3n) is 4.04. The molecule has 1 fully saturated rings. The molecule has 2 bridgehead atoms. The molecule has 0 N–H and O–H groups in total. The van der Waals surface area contributed by atoms with Gasteiger partial charge < -0.3 is 9.47 Å². The van der Waals surface area contributed by atoms with Crippen LogP contribution in [0.1, 0.15) is 47.9 Å². The Hall–Kier alpha value is -1.52. The van der Waals surface area contributed by atoms with Crippen molar-refractivity contribution >= 4 is 11.6 Å². The molecule has 1 aromatic carbocycles. The van der Waals surface area contributed by atoms with Crippen LogP contribution in [0.5, 0.6) is 0 Å². The van der Waals surface area contributed by atoms with Crippen LogP contribution in [0.4, 0.5) is 0 Å². The molecule has 2 heterocycles. The lowest BCUT2D eigenvalue weighted by Crippen LogP contribution is -2.44. The fraction of sp³-hybridized carbons (Fsp3) is 0.467. The normalized spacial score (nSPS) is 37.1. The maximum Gasteiger partial charge on any atom is 0.232 e. The van der Waals surface area contributed by atoms with Crippen molar-refractivity contribution in [3.05, 3.63) is 35.4 Å². The van der Waals surface area contributed by atoms with E-state index in [9.17, 15) is 9.59 Å². The van der Waals surface area contributed by atoms with Crippen molar-refractivity contribution in [1.29, 1.82) is 0 Å². The van der Waals surface area contributed by atoms with Crippen LogP contribution in [0, 0.1) is 0 Å². The van der Waals surface area contributed by atoms with Crippen LogP contribution in [0.25, 0.3) is 0 Å². The molecule has 3 rings (SSSR count). The van der Waals surface area contributed by atoms with Gasteiger partial charge >= 0.3 is 0 Å². The number of ether oxygens (including phenoxy) is 2. The molecule has 0 spiro atoms. The summed E-state index contributed by atoms with van der Waals surface area (Å²) in [6.45, 7) is 5.23. The van der Waals surface area contributed by atoms with E-state index < -0.39 is 17.5 Å². The molecule has 1 saturated heterocycles. The van der Waals surface area contributed by atoms with Gasteiger partial charge in [0, 0.05) is 11.1 Å². The summed E-state index contributed by atoms with van der Waals surface area (Å²) in [5, 5.41) is 0. The number of hydrogen-bond acceptors (Lipinski definition) is 4. The molecule has 0 saturated carbocycles. The average molecular weight is 260 g/mol. The zero-order valence-electron chi connectivity index (χ0n) is 11.2. The molecule has 3 atom stereocenters. The number of ketones is 2. The molecular formula is C15H16O4. The maximum atomic E-state index is 12.7. The van der Waals surface area contributed by atoms with Gasteiger partial charge in [-0.3, -0.25) is 9.59 Å². The summed E-state index contributed by atoms with van der Waals surface area (Å²) in [7, 11) is 0. The van der Waals surface area contributed by atoms with Gasteiger partial charge in [-0.15, -0.1) is 0 Å². The zero-order chi connectivity index (χ0) is 13.8. The second kappa shape index (κ2) is 3.74. The number of carbonyl (C=O) groups is 2. The zero-order valence-corrected chi connectivity index (χ0v) is 11.2. The summed E-state index contributed by atoms with van der Waals surface area (Å²) in [5.41, 5.74) is -0.278. The molecule has 0 amide bonds. The van der Waals surface area contributed by atoms with Gasteiger partial charge in [-0.1, -0.05) is 31.2 Å². The Morgan fingerprint density at radius 1 is 1.11 bits per heavy atom. The Morgan fingerprint density at radius 2 is 1.68 bits per heavy atom. The Morgan fingerprint density at radius 3 is 2.26 bits per heavy atom. The average Bonchev–Trinajstić information content (AvgIpc) is 2.67. The fourth-order valence-electron chi connectivity index (χ4n) is 3.03. The van der Waals surface area contributed by atoms with E-state index in [1.54, 1.807) is 38.1 Å². The smallest absolute Gasteiger partial charge is 0.232 e. The minimum absolute atomic E-state index is 0.176. The molecule has 2 aliphatic heterocycles. The van der Waals surface area contributed by atoms with E-state index in [-0.39, 0.29) is 11.6 Å². The van der Waals surface area contributed by atoms with Crippen molar-refractivity contribution in [1.82, 2.24) is 0 Å². The largest absolute Gasteiger partial charge is 0.337 e. The van der Waals surface area contributed by atoms with Crippen molar-refractivity contribution < 1.29 is 19.1 Å². The van der Waals surface area contributed by atoms with Crippen molar-refractivity contribution in [3.63, 3.8) is 0 Å². The molecule has 100 valence electrons. The third-order valence-corrected chi connectivity index (χ3v) is 4.04. The Kier molecular flexibility index (Phi) is 2.46. The van der Waals surface area contributed by atoms with Crippen molar-refractivity contribution in [3.8, 4) is 0 Å². The first-order chi connectivity index (χ1) is 8.92. The highest BCUT2D eigenvalue weighted by atomic mass is 16.8. The summed E-state index contributed by atoms with van der Waals surface area (Å²) in [6.07, 6.45) is 0.218. The van der Waals surface area contributed by atoms with Crippen LogP contribution < -0.4 is 0 Å². The number of fused-ring (bicyclic) bond motifs is 3. The third kappa shape index (κ3) is 1.47. The highest BCUT2D eigenvalue weighted by Crippen LogP contribution is 2.44. The summed E-state index contributed by atoms with van der Waals surface area (Å²) in [6, 6.07) is 6.84. The topological polar surface area (TPSA) is 52.6 Å². The summed E-state index contributed by atoms with van der Waals surface area (Å²) < 4.78 is 11.5. The van der Waals surface area contributed by atoms with Gasteiger partial charge in [0.2, 0.25) is 11.6 Å². The standard InChI is InChI=1S/C15H16O4/c1-4-11-14(2)12(16)9-7-5-6-8-10(9)13(17)15(3,18-11)19-14/h5-8,11H,4H2,1-3H3/t11-,14+,15+/m0/s1. The Labute approximate surface area is 111 Å². The predicted octanol–water partition coefficient (Wildman–Crippen LogP) is 2.37. The van der Waals surface area contributed by atoms with E-state index in [4.69, 9.17) is 9.47 Å². The van der Waals surface area contributed by atoms with Crippen LogP contribution in [0.3, 0.4) is 0 Å². The minimum Gasteiger partial charge on any atom is -0.337 e. The van der Waals surface area contributed by atoms with Gasteiger partial charge in [0.15, 0.2) is 11.4 Å².